The number of ketones is 1. The van der Waals surface area contributed by atoms with Gasteiger partial charge in [0.1, 0.15) is 5.82 Å². The fraction of sp³-hybridized carbons (Fsp3) is 0.375. The lowest BCUT2D eigenvalue weighted by Gasteiger charge is -2.10. The van der Waals surface area contributed by atoms with Gasteiger partial charge >= 0.3 is 0 Å². The van der Waals surface area contributed by atoms with Crippen molar-refractivity contribution in [3.05, 3.63) is 23.5 Å². The number of benzene rings is 1. The Morgan fingerprint density at radius 3 is 2.68 bits per heavy atom. The van der Waals surface area contributed by atoms with Crippen LogP contribution in [0, 0.1) is 0 Å². The van der Waals surface area contributed by atoms with E-state index in [0.717, 1.165) is 5.82 Å². The van der Waals surface area contributed by atoms with Gasteiger partial charge in [0.2, 0.25) is 17.9 Å². The van der Waals surface area contributed by atoms with Crippen molar-refractivity contribution >= 4 is 29.1 Å². The number of rotatable bonds is 6. The van der Waals surface area contributed by atoms with Crippen LogP contribution in [0.3, 0.4) is 0 Å². The van der Waals surface area contributed by atoms with E-state index in [9.17, 15) is 9.59 Å². The molecule has 1 aromatic heterocycles. The second-order valence-electron chi connectivity index (χ2n) is 5.80. The van der Waals surface area contributed by atoms with Gasteiger partial charge in [-0.25, -0.2) is 4.98 Å². The van der Waals surface area contributed by atoms with Crippen LogP contribution in [0.15, 0.2) is 17.3 Å². The molecule has 0 aliphatic carbocycles. The van der Waals surface area contributed by atoms with Crippen molar-refractivity contribution in [3.63, 3.8) is 0 Å². The molecule has 0 bridgehead atoms. The van der Waals surface area contributed by atoms with Crippen LogP contribution in [-0.4, -0.2) is 39.4 Å². The van der Waals surface area contributed by atoms with Gasteiger partial charge in [-0.2, -0.15) is 0 Å². The number of Topliss-reactive ketones (excluding diaryl/α,β-unsaturated/α-hetero) is 1. The lowest BCUT2D eigenvalue weighted by Crippen LogP contribution is -2.16. The number of aromatic amines is 1. The normalized spacial score (nSPS) is 12.5. The first kappa shape index (κ1) is 17.3. The molecular formula is C16H18N4O4S. The van der Waals surface area contributed by atoms with Gasteiger partial charge < -0.3 is 14.8 Å². The van der Waals surface area contributed by atoms with Crippen molar-refractivity contribution in [2.45, 2.75) is 31.8 Å². The Morgan fingerprint density at radius 2 is 2.04 bits per heavy atom. The molecule has 0 saturated carbocycles. The number of ether oxygens (including phenoxy) is 2. The van der Waals surface area contributed by atoms with E-state index < -0.39 is 0 Å². The minimum atomic E-state index is -0.262. The molecule has 0 saturated heterocycles. The van der Waals surface area contributed by atoms with Crippen LogP contribution in [0.2, 0.25) is 0 Å². The van der Waals surface area contributed by atoms with Crippen LogP contribution < -0.4 is 14.8 Å². The predicted octanol–water partition coefficient (Wildman–Crippen LogP) is 2.59. The number of anilines is 1. The highest BCUT2D eigenvalue weighted by Crippen LogP contribution is 2.37. The van der Waals surface area contributed by atoms with Gasteiger partial charge in [-0.1, -0.05) is 25.6 Å². The summed E-state index contributed by atoms with van der Waals surface area (Å²) in [6, 6.07) is 3.18. The molecule has 9 heteroatoms. The summed E-state index contributed by atoms with van der Waals surface area (Å²) >= 11 is 1.22. The molecule has 0 unspecified atom stereocenters. The monoisotopic (exact) mass is 362 g/mol. The minimum absolute atomic E-state index is 0.100. The molecule has 0 spiro atoms. The summed E-state index contributed by atoms with van der Waals surface area (Å²) in [6.07, 6.45) is 0. The van der Waals surface area contributed by atoms with Gasteiger partial charge in [-0.3, -0.25) is 14.7 Å². The third kappa shape index (κ3) is 3.93. The maximum absolute atomic E-state index is 12.2. The number of hydrogen-bond donors (Lipinski definition) is 2. The van der Waals surface area contributed by atoms with Gasteiger partial charge in [0.05, 0.1) is 11.4 Å². The van der Waals surface area contributed by atoms with Crippen LogP contribution in [-0.2, 0) is 4.79 Å². The number of thioether (sulfide) groups is 1. The van der Waals surface area contributed by atoms with Gasteiger partial charge in [-0.15, -0.1) is 5.10 Å². The van der Waals surface area contributed by atoms with Gasteiger partial charge in [-0.05, 0) is 13.0 Å². The van der Waals surface area contributed by atoms with E-state index in [-0.39, 0.29) is 30.2 Å². The third-order valence-corrected chi connectivity index (χ3v) is 4.37. The number of hydrogen-bond acceptors (Lipinski definition) is 7. The molecule has 0 atom stereocenters. The van der Waals surface area contributed by atoms with E-state index in [0.29, 0.717) is 27.9 Å². The third-order valence-electron chi connectivity index (χ3n) is 3.53. The molecular weight excluding hydrogens is 344 g/mol. The van der Waals surface area contributed by atoms with E-state index >= 15 is 0 Å². The Balaban J connectivity index is 1.67. The minimum Gasteiger partial charge on any atom is -0.454 e. The molecule has 2 aromatic rings. The predicted molar refractivity (Wildman–Crippen MR) is 92.4 cm³/mol. The van der Waals surface area contributed by atoms with E-state index in [1.54, 1.807) is 12.1 Å². The van der Waals surface area contributed by atoms with Crippen molar-refractivity contribution in [2.75, 3.05) is 17.9 Å². The Bertz CT molecular complexity index is 818. The molecule has 3 rings (SSSR count). The van der Waals surface area contributed by atoms with Crippen LogP contribution in [0.5, 0.6) is 11.5 Å². The van der Waals surface area contributed by atoms with E-state index in [1.165, 1.54) is 18.7 Å². The van der Waals surface area contributed by atoms with Crippen LogP contribution in [0.1, 0.15) is 42.9 Å². The topological polar surface area (TPSA) is 106 Å². The summed E-state index contributed by atoms with van der Waals surface area (Å²) in [4.78, 5) is 28.3. The molecule has 2 heterocycles. The maximum atomic E-state index is 12.2. The van der Waals surface area contributed by atoms with E-state index in [4.69, 9.17) is 9.47 Å². The number of amides is 1. The number of nitrogens with one attached hydrogen (secondary N) is 2. The Morgan fingerprint density at radius 1 is 1.32 bits per heavy atom. The Labute approximate surface area is 148 Å². The molecule has 25 heavy (non-hydrogen) atoms. The number of fused-ring (bicyclic) bond motifs is 1. The molecule has 132 valence electrons. The number of aromatic nitrogens is 3. The van der Waals surface area contributed by atoms with Gasteiger partial charge in [0.15, 0.2) is 17.3 Å². The van der Waals surface area contributed by atoms with Crippen molar-refractivity contribution in [1.82, 2.24) is 15.2 Å². The fourth-order valence-electron chi connectivity index (χ4n) is 2.23. The van der Waals surface area contributed by atoms with Crippen LogP contribution in [0.4, 0.5) is 5.69 Å². The van der Waals surface area contributed by atoms with Crippen molar-refractivity contribution < 1.29 is 19.1 Å². The average molecular weight is 362 g/mol. The highest BCUT2D eigenvalue weighted by atomic mass is 32.2. The summed E-state index contributed by atoms with van der Waals surface area (Å²) in [7, 11) is 0. The molecule has 1 aromatic carbocycles. The SMILES string of the molecule is CC(=O)c1cc2c(cc1NC(=O)CSc1n[nH]c(C(C)C)n1)OCO2. The molecule has 8 nitrogen and oxygen atoms in total. The standard InChI is InChI=1S/C16H18N4O4S/c1-8(2)15-18-16(20-19-15)25-6-14(22)17-11-5-13-12(23-7-24-13)4-10(11)9(3)21/h4-5,8H,6-7H2,1-3H3,(H,17,22)(H,18,19,20). The molecule has 1 amide bonds. The summed E-state index contributed by atoms with van der Waals surface area (Å²) < 4.78 is 10.6. The lowest BCUT2D eigenvalue weighted by atomic mass is 10.1. The Hall–Kier alpha value is -2.55. The summed E-state index contributed by atoms with van der Waals surface area (Å²) in [5.74, 6) is 1.71. The fourth-order valence-corrected chi connectivity index (χ4v) is 2.84. The van der Waals surface area contributed by atoms with Gasteiger partial charge in [0, 0.05) is 17.5 Å². The second-order valence-corrected chi connectivity index (χ2v) is 6.74. The maximum Gasteiger partial charge on any atom is 0.234 e. The first-order chi connectivity index (χ1) is 11.9. The highest BCUT2D eigenvalue weighted by molar-refractivity contribution is 7.99. The lowest BCUT2D eigenvalue weighted by molar-refractivity contribution is -0.113. The summed E-state index contributed by atoms with van der Waals surface area (Å²) in [5, 5.41) is 10.2. The zero-order chi connectivity index (χ0) is 18.0. The summed E-state index contributed by atoms with van der Waals surface area (Å²) in [6.45, 7) is 5.54. The number of carbonyl (C=O) groups is 2. The number of H-pyrrole nitrogens is 1. The van der Waals surface area contributed by atoms with Crippen LogP contribution in [0.25, 0.3) is 0 Å². The molecule has 1 aliphatic heterocycles. The summed E-state index contributed by atoms with van der Waals surface area (Å²) in [5.41, 5.74) is 0.780. The van der Waals surface area contributed by atoms with Crippen molar-refractivity contribution in [2.24, 2.45) is 0 Å². The van der Waals surface area contributed by atoms with E-state index in [1.807, 2.05) is 13.8 Å². The zero-order valence-electron chi connectivity index (χ0n) is 14.1. The molecule has 0 radical (unpaired) electrons. The van der Waals surface area contributed by atoms with Gasteiger partial charge in [0.25, 0.3) is 0 Å². The number of carbonyl (C=O) groups excluding carboxylic acids is 2. The zero-order valence-corrected chi connectivity index (χ0v) is 14.9. The number of nitrogens with zero attached hydrogens (tertiary/aromatic N) is 2. The van der Waals surface area contributed by atoms with E-state index in [2.05, 4.69) is 20.5 Å². The average Bonchev–Trinajstić information content (AvgIpc) is 3.20. The van der Waals surface area contributed by atoms with Crippen LogP contribution >= 0.6 is 11.8 Å². The molecule has 2 N–H and O–H groups in total. The van der Waals surface area contributed by atoms with Crippen molar-refractivity contribution in [3.8, 4) is 11.5 Å². The quantitative estimate of drug-likeness (QED) is 0.601. The molecule has 1 aliphatic rings. The first-order valence-corrected chi connectivity index (χ1v) is 8.72. The second kappa shape index (κ2) is 7.14. The Kier molecular flexibility index (Phi) is 4.93. The molecule has 0 fully saturated rings. The first-order valence-electron chi connectivity index (χ1n) is 7.73. The smallest absolute Gasteiger partial charge is 0.234 e. The highest BCUT2D eigenvalue weighted by Gasteiger charge is 2.20. The van der Waals surface area contributed by atoms with Crippen molar-refractivity contribution in [1.29, 1.82) is 0 Å². The largest absolute Gasteiger partial charge is 0.454 e.